The molecule has 15 nitrogen and oxygen atoms in total. The van der Waals surface area contributed by atoms with Crippen molar-refractivity contribution in [2.45, 2.75) is 75.3 Å². The maximum absolute atomic E-state index is 13.5. The number of fused-ring (bicyclic) bond motifs is 4. The number of hydrogen-bond acceptors (Lipinski definition) is 10. The van der Waals surface area contributed by atoms with Gasteiger partial charge < -0.3 is 25.4 Å². The Kier molecular flexibility index (Phi) is 8.82. The molecular weight excluding hydrogens is 701 g/mol. The Morgan fingerprint density at radius 1 is 1.05 bits per heavy atom. The third kappa shape index (κ3) is 6.19. The number of rotatable bonds is 8. The van der Waals surface area contributed by atoms with Gasteiger partial charge in [-0.2, -0.15) is 10.4 Å². The van der Waals surface area contributed by atoms with E-state index >= 15 is 0 Å². The van der Waals surface area contributed by atoms with Crippen LogP contribution in [0.15, 0.2) is 59.8 Å². The van der Waals surface area contributed by atoms with Crippen molar-refractivity contribution in [3.63, 3.8) is 0 Å². The number of aryl methyl sites for hydroxylation is 1. The van der Waals surface area contributed by atoms with Gasteiger partial charge in [0.1, 0.15) is 24.1 Å². The van der Waals surface area contributed by atoms with E-state index in [1.165, 1.54) is 24.9 Å². The van der Waals surface area contributed by atoms with Crippen LogP contribution in [0.3, 0.4) is 0 Å². The molecule has 7 heterocycles. The Morgan fingerprint density at radius 3 is 2.60 bits per heavy atom. The van der Waals surface area contributed by atoms with Crippen LogP contribution in [-0.2, 0) is 11.8 Å². The second kappa shape index (κ2) is 13.8. The number of pyridine rings is 1. The van der Waals surface area contributed by atoms with E-state index in [0.717, 1.165) is 72.9 Å². The second-order valence-electron chi connectivity index (χ2n) is 15.5. The number of carbonyl (C=O) groups is 2. The molecule has 4 atom stereocenters. The third-order valence-corrected chi connectivity index (χ3v) is 12.3. The normalized spacial score (nSPS) is 25.3. The molecule has 5 aromatic rings. The van der Waals surface area contributed by atoms with Crippen molar-refractivity contribution in [3.8, 4) is 11.8 Å². The van der Waals surface area contributed by atoms with E-state index in [1.54, 1.807) is 23.3 Å². The van der Waals surface area contributed by atoms with Crippen LogP contribution in [0, 0.1) is 17.2 Å². The number of carbonyl (C=O) groups excluding carboxylic acids is 2. The fourth-order valence-electron chi connectivity index (χ4n) is 9.42. The number of amides is 2. The predicted octanol–water partition coefficient (Wildman–Crippen LogP) is 3.68. The van der Waals surface area contributed by atoms with E-state index in [2.05, 4.69) is 42.4 Å². The number of anilines is 2. The Morgan fingerprint density at radius 2 is 1.85 bits per heavy atom. The van der Waals surface area contributed by atoms with Crippen LogP contribution in [0.5, 0.6) is 5.75 Å². The minimum Gasteiger partial charge on any atom is -0.494 e. The number of para-hydroxylation sites is 1. The van der Waals surface area contributed by atoms with Gasteiger partial charge in [0, 0.05) is 68.8 Å². The van der Waals surface area contributed by atoms with Gasteiger partial charge in [0.15, 0.2) is 0 Å². The SMILES string of the molecule is COc1cc2nn([C@H]3CC[C@H](CN4C5CC4CN(c4cccc6c4n(C)c(=O)n6C4CCC(O)NC4=O)C5)CC3)cc2cc1NC(=O)c1cncc(C#N)c1. The maximum Gasteiger partial charge on any atom is 0.329 e. The molecule has 4 saturated heterocycles. The number of methoxy groups -OCH3 is 1. The molecule has 284 valence electrons. The van der Waals surface area contributed by atoms with Crippen LogP contribution in [0.1, 0.15) is 73.0 Å². The lowest BCUT2D eigenvalue weighted by Gasteiger charge is -2.58. The molecule has 1 aliphatic carbocycles. The lowest BCUT2D eigenvalue weighted by molar-refractivity contribution is -0.130. The number of nitrogens with one attached hydrogen (secondary N) is 2. The number of hydrogen-bond donors (Lipinski definition) is 3. The minimum absolute atomic E-state index is 0.215. The van der Waals surface area contributed by atoms with Crippen molar-refractivity contribution in [1.82, 2.24) is 34.1 Å². The van der Waals surface area contributed by atoms with Gasteiger partial charge >= 0.3 is 5.69 Å². The summed E-state index contributed by atoms with van der Waals surface area (Å²) in [6.45, 7) is 2.89. The predicted molar refractivity (Wildman–Crippen MR) is 205 cm³/mol. The number of benzene rings is 2. The summed E-state index contributed by atoms with van der Waals surface area (Å²) in [5, 5.41) is 30.4. The lowest BCUT2D eigenvalue weighted by Crippen LogP contribution is -2.69. The first-order chi connectivity index (χ1) is 26.7. The molecule has 2 amide bonds. The number of nitrogens with zero attached hydrogens (tertiary/aromatic N) is 8. The number of piperazine rings is 1. The molecule has 15 heteroatoms. The molecule has 2 aromatic carbocycles. The van der Waals surface area contributed by atoms with Gasteiger partial charge in [-0.05, 0) is 75.1 Å². The van der Waals surface area contributed by atoms with Gasteiger partial charge in [0.05, 0.1) is 52.2 Å². The van der Waals surface area contributed by atoms with E-state index in [-0.39, 0.29) is 17.5 Å². The molecule has 0 radical (unpaired) electrons. The Labute approximate surface area is 317 Å². The number of nitriles is 1. The molecule has 2 bridgehead atoms. The summed E-state index contributed by atoms with van der Waals surface area (Å²) in [4.78, 5) is 48.4. The van der Waals surface area contributed by atoms with Crippen LogP contribution in [0.25, 0.3) is 21.9 Å². The van der Waals surface area contributed by atoms with E-state index in [4.69, 9.17) is 9.84 Å². The summed E-state index contributed by atoms with van der Waals surface area (Å²) in [5.41, 5.74) is 4.35. The van der Waals surface area contributed by atoms with Crippen LogP contribution in [0.2, 0.25) is 0 Å². The molecule has 3 N–H and O–H groups in total. The summed E-state index contributed by atoms with van der Waals surface area (Å²) in [5.74, 6) is 0.428. The van der Waals surface area contributed by atoms with Crippen LogP contribution >= 0.6 is 0 Å². The summed E-state index contributed by atoms with van der Waals surface area (Å²) < 4.78 is 11.0. The summed E-state index contributed by atoms with van der Waals surface area (Å²) in [6, 6.07) is 13.8. The highest BCUT2D eigenvalue weighted by Gasteiger charge is 2.46. The van der Waals surface area contributed by atoms with Crippen molar-refractivity contribution >= 4 is 45.1 Å². The molecule has 5 aliphatic rings. The highest BCUT2D eigenvalue weighted by molar-refractivity contribution is 6.06. The van der Waals surface area contributed by atoms with Crippen LogP contribution < -0.4 is 26.0 Å². The lowest BCUT2D eigenvalue weighted by atomic mass is 9.81. The van der Waals surface area contributed by atoms with E-state index in [9.17, 15) is 24.8 Å². The summed E-state index contributed by atoms with van der Waals surface area (Å²) in [6.07, 6.45) is 10.4. The van der Waals surface area contributed by atoms with Crippen LogP contribution in [-0.4, -0.2) is 90.8 Å². The number of piperidine rings is 2. The molecular formula is C40H44N10O5. The molecule has 10 rings (SSSR count). The zero-order chi connectivity index (χ0) is 38.0. The van der Waals surface area contributed by atoms with E-state index in [1.807, 2.05) is 30.3 Å². The maximum atomic E-state index is 13.5. The van der Waals surface area contributed by atoms with Crippen molar-refractivity contribution in [2.24, 2.45) is 13.0 Å². The zero-order valence-corrected chi connectivity index (χ0v) is 30.9. The van der Waals surface area contributed by atoms with E-state index in [0.29, 0.717) is 59.4 Å². The number of ether oxygens (including phenoxy) is 1. The van der Waals surface area contributed by atoms with Crippen molar-refractivity contribution in [3.05, 3.63) is 76.6 Å². The average Bonchev–Trinajstić information content (AvgIpc) is 3.73. The highest BCUT2D eigenvalue weighted by Crippen LogP contribution is 2.41. The van der Waals surface area contributed by atoms with Gasteiger partial charge in [-0.1, -0.05) is 6.07 Å². The van der Waals surface area contributed by atoms with Crippen molar-refractivity contribution in [2.75, 3.05) is 37.0 Å². The molecule has 4 aliphatic heterocycles. The van der Waals surface area contributed by atoms with Gasteiger partial charge in [0.25, 0.3) is 5.91 Å². The molecule has 55 heavy (non-hydrogen) atoms. The van der Waals surface area contributed by atoms with E-state index < -0.39 is 12.3 Å². The van der Waals surface area contributed by atoms with Crippen molar-refractivity contribution in [1.29, 1.82) is 5.26 Å². The summed E-state index contributed by atoms with van der Waals surface area (Å²) >= 11 is 0. The largest absolute Gasteiger partial charge is 0.494 e. The third-order valence-electron chi connectivity index (χ3n) is 12.3. The monoisotopic (exact) mass is 744 g/mol. The fraction of sp³-hybridized carbons (Fsp3) is 0.450. The quantitative estimate of drug-likeness (QED) is 0.213. The Bertz CT molecular complexity index is 2410. The number of aliphatic hydroxyl groups excluding tert-OH is 1. The molecule has 1 saturated carbocycles. The molecule has 0 spiro atoms. The standard InChI is InChI=1S/C40H44N10O5/c1-46-37-32(4-3-5-33(37)50(40(46)54)34-10-11-36(51)44-39(34)53)47-21-28-14-29(22-47)48(28)19-23-6-8-27(9-7-23)49-20-26-13-31(35(55-2)15-30(26)45-49)43-38(52)25-12-24(16-41)17-42-18-25/h3-5,12-13,15,17-18,20,23,27-29,34,36,51H,6-11,14,19,21-22H2,1-2H3,(H,43,52)(H,44,53)/t23-,27-,28?,29?,34?,36?. The number of aliphatic hydroxyl groups is 1. The van der Waals surface area contributed by atoms with Gasteiger partial charge in [-0.3, -0.25) is 33.3 Å². The molecule has 3 aromatic heterocycles. The number of aromatic nitrogens is 5. The first-order valence-corrected chi connectivity index (χ1v) is 19.1. The van der Waals surface area contributed by atoms with Crippen LogP contribution in [0.4, 0.5) is 11.4 Å². The first-order valence-electron chi connectivity index (χ1n) is 19.1. The second-order valence-corrected chi connectivity index (χ2v) is 15.5. The highest BCUT2D eigenvalue weighted by atomic mass is 16.5. The Balaban J connectivity index is 0.834. The van der Waals surface area contributed by atoms with Crippen molar-refractivity contribution < 1.29 is 19.4 Å². The molecule has 4 unspecified atom stereocenters. The Hall–Kier alpha value is -5.72. The zero-order valence-electron chi connectivity index (χ0n) is 30.9. The summed E-state index contributed by atoms with van der Waals surface area (Å²) in [7, 11) is 3.35. The van der Waals surface area contributed by atoms with Gasteiger partial charge in [0.2, 0.25) is 5.91 Å². The fourth-order valence-corrected chi connectivity index (χ4v) is 9.42. The number of imidazole rings is 1. The smallest absolute Gasteiger partial charge is 0.329 e. The average molecular weight is 745 g/mol. The topological polar surface area (TPSA) is 176 Å². The van der Waals surface area contributed by atoms with Gasteiger partial charge in [-0.15, -0.1) is 0 Å². The minimum atomic E-state index is -0.871. The molecule has 5 fully saturated rings. The first kappa shape index (κ1) is 35.0. The van der Waals surface area contributed by atoms with Gasteiger partial charge in [-0.25, -0.2) is 4.79 Å².